The molecule has 8 nitrogen and oxygen atoms in total. The Morgan fingerprint density at radius 1 is 1.09 bits per heavy atom. The van der Waals surface area contributed by atoms with Gasteiger partial charge >= 0.3 is 0 Å². The molecule has 4 aromatic rings. The van der Waals surface area contributed by atoms with Crippen LogP contribution >= 0.6 is 0 Å². The summed E-state index contributed by atoms with van der Waals surface area (Å²) < 4.78 is 0. The topological polar surface area (TPSA) is 113 Å². The van der Waals surface area contributed by atoms with E-state index < -0.39 is 0 Å². The van der Waals surface area contributed by atoms with E-state index in [0.717, 1.165) is 54.8 Å². The predicted molar refractivity (Wildman–Crippen MR) is 134 cm³/mol. The zero-order chi connectivity index (χ0) is 22.1. The number of carbonyl (C=O) groups excluding carboxylic acids is 1. The van der Waals surface area contributed by atoms with Gasteiger partial charge in [-0.15, -0.1) is 0 Å². The van der Waals surface area contributed by atoms with Crippen LogP contribution in [-0.4, -0.2) is 56.9 Å². The van der Waals surface area contributed by atoms with Crippen LogP contribution in [0.2, 0.25) is 0 Å². The van der Waals surface area contributed by atoms with Crippen molar-refractivity contribution in [3.8, 4) is 22.8 Å². The number of rotatable bonds is 3. The van der Waals surface area contributed by atoms with Gasteiger partial charge in [0.15, 0.2) is 11.6 Å². The van der Waals surface area contributed by atoms with Crippen molar-refractivity contribution >= 4 is 22.8 Å². The number of nitrogen functional groups attached to an aromatic ring is 1. The molecule has 0 spiro atoms. The molecule has 0 saturated carbocycles. The first kappa shape index (κ1) is 20.1. The summed E-state index contributed by atoms with van der Waals surface area (Å²) in [5, 5.41) is 3.32. The molecular weight excluding hydrogens is 402 g/mol. The fourth-order valence-electron chi connectivity index (χ4n) is 3.96. The molecule has 0 unspecified atom stereocenters. The second-order valence-electron chi connectivity index (χ2n) is 8.07. The number of amides is 1. The lowest BCUT2D eigenvalue weighted by Crippen LogP contribution is -2.34. The minimum absolute atomic E-state index is 0. The number of imidazole rings is 1. The third kappa shape index (κ3) is 3.92. The summed E-state index contributed by atoms with van der Waals surface area (Å²) in [4.78, 5) is 31.7. The van der Waals surface area contributed by atoms with Crippen molar-refractivity contribution in [2.75, 3.05) is 31.9 Å². The lowest BCUT2D eigenvalue weighted by molar-refractivity contribution is 0.0766. The third-order valence-electron chi connectivity index (χ3n) is 5.72. The Balaban J connectivity index is 0.00000162. The van der Waals surface area contributed by atoms with Crippen LogP contribution in [0.4, 0.5) is 5.82 Å². The van der Waals surface area contributed by atoms with Crippen molar-refractivity contribution in [1.29, 1.82) is 0 Å². The molecule has 0 radical (unpaired) electrons. The summed E-state index contributed by atoms with van der Waals surface area (Å²) in [5.74, 6) is 0.951. The standard InChI is InChI=1S/C24H25N7O.4H2/c1-15-3-8-18-19(13-15)30-23(29-18)21-22(25)27-14-20(28-21)16-4-6-17(7-5-16)24(32)31-11-2-9-26-10-12-31;;;;/h3-8,13-14,26H,2,9-12H2,1H3,(H2,25,27)(H,29,30);4*1H. The highest BCUT2D eigenvalue weighted by Gasteiger charge is 2.18. The number of hydrogen-bond acceptors (Lipinski definition) is 6. The van der Waals surface area contributed by atoms with Gasteiger partial charge in [-0.05, 0) is 49.7 Å². The number of aromatic nitrogens is 4. The van der Waals surface area contributed by atoms with Gasteiger partial charge in [-0.2, -0.15) is 0 Å². The Kier molecular flexibility index (Phi) is 5.28. The Morgan fingerprint density at radius 3 is 2.78 bits per heavy atom. The largest absolute Gasteiger partial charge is 0.382 e. The fraction of sp³-hybridized carbons (Fsp3) is 0.250. The molecule has 3 heterocycles. The number of H-pyrrole nitrogens is 1. The third-order valence-corrected chi connectivity index (χ3v) is 5.72. The number of aromatic amines is 1. The quantitative estimate of drug-likeness (QED) is 0.448. The number of aryl methyl sites for hydroxylation is 1. The molecule has 8 heteroatoms. The van der Waals surface area contributed by atoms with E-state index in [-0.39, 0.29) is 11.6 Å². The smallest absolute Gasteiger partial charge is 0.253 e. The van der Waals surface area contributed by atoms with Crippen molar-refractivity contribution in [3.63, 3.8) is 0 Å². The molecule has 0 atom stereocenters. The molecule has 1 saturated heterocycles. The summed E-state index contributed by atoms with van der Waals surface area (Å²) in [6.07, 6.45) is 2.61. The number of benzene rings is 2. The number of fused-ring (bicyclic) bond motifs is 1. The monoisotopic (exact) mass is 435 g/mol. The average molecular weight is 436 g/mol. The van der Waals surface area contributed by atoms with Gasteiger partial charge in [-0.25, -0.2) is 15.0 Å². The summed E-state index contributed by atoms with van der Waals surface area (Å²) in [6.45, 7) is 5.31. The van der Waals surface area contributed by atoms with Crippen LogP contribution in [-0.2, 0) is 0 Å². The minimum Gasteiger partial charge on any atom is -0.382 e. The van der Waals surface area contributed by atoms with Crippen LogP contribution in [0.5, 0.6) is 0 Å². The van der Waals surface area contributed by atoms with Gasteiger partial charge in [0.25, 0.3) is 5.91 Å². The fourth-order valence-corrected chi connectivity index (χ4v) is 3.96. The molecule has 2 aromatic heterocycles. The minimum atomic E-state index is 0. The van der Waals surface area contributed by atoms with Gasteiger partial charge in [0.1, 0.15) is 5.69 Å². The first-order chi connectivity index (χ1) is 15.6. The maximum absolute atomic E-state index is 12.8. The van der Waals surface area contributed by atoms with E-state index >= 15 is 0 Å². The molecule has 1 fully saturated rings. The number of anilines is 1. The zero-order valence-corrected chi connectivity index (χ0v) is 17.9. The molecule has 0 bridgehead atoms. The van der Waals surface area contributed by atoms with E-state index in [9.17, 15) is 4.79 Å². The van der Waals surface area contributed by atoms with Crippen molar-refractivity contribution in [3.05, 3.63) is 59.8 Å². The van der Waals surface area contributed by atoms with Gasteiger partial charge in [-0.3, -0.25) is 4.79 Å². The second-order valence-corrected chi connectivity index (χ2v) is 8.07. The average Bonchev–Trinajstić information content (AvgIpc) is 3.03. The van der Waals surface area contributed by atoms with Crippen LogP contribution in [0.3, 0.4) is 0 Å². The molecule has 1 aliphatic heterocycles. The van der Waals surface area contributed by atoms with E-state index in [0.29, 0.717) is 28.6 Å². The molecular formula is C24H33N7O. The Labute approximate surface area is 191 Å². The van der Waals surface area contributed by atoms with E-state index in [1.807, 2.05) is 54.3 Å². The molecule has 5 rings (SSSR count). The van der Waals surface area contributed by atoms with Crippen LogP contribution in [0.25, 0.3) is 33.8 Å². The molecule has 1 amide bonds. The van der Waals surface area contributed by atoms with Gasteiger partial charge in [0, 0.05) is 36.5 Å². The van der Waals surface area contributed by atoms with Crippen LogP contribution in [0.1, 0.15) is 28.0 Å². The maximum Gasteiger partial charge on any atom is 0.253 e. The zero-order valence-electron chi connectivity index (χ0n) is 17.9. The Hall–Kier alpha value is -3.78. The predicted octanol–water partition coefficient (Wildman–Crippen LogP) is 4.00. The van der Waals surface area contributed by atoms with Crippen molar-refractivity contribution in [2.24, 2.45) is 0 Å². The molecule has 4 N–H and O–H groups in total. The normalized spacial score (nSPS) is 14.5. The van der Waals surface area contributed by atoms with Crippen molar-refractivity contribution < 1.29 is 10.5 Å². The van der Waals surface area contributed by atoms with Crippen LogP contribution in [0, 0.1) is 6.92 Å². The summed E-state index contributed by atoms with van der Waals surface area (Å²) in [6, 6.07) is 13.5. The van der Waals surface area contributed by atoms with Crippen molar-refractivity contribution in [2.45, 2.75) is 13.3 Å². The van der Waals surface area contributed by atoms with Gasteiger partial charge in [0.2, 0.25) is 0 Å². The number of nitrogens with zero attached hydrogens (tertiary/aromatic N) is 4. The Bertz CT molecular complexity index is 1290. The first-order valence-corrected chi connectivity index (χ1v) is 10.8. The number of carbonyl (C=O) groups is 1. The lowest BCUT2D eigenvalue weighted by atomic mass is 10.1. The summed E-state index contributed by atoms with van der Waals surface area (Å²) in [7, 11) is 0. The molecule has 2 aromatic carbocycles. The van der Waals surface area contributed by atoms with Gasteiger partial charge in [-0.1, -0.05) is 18.2 Å². The van der Waals surface area contributed by atoms with E-state index in [1.54, 1.807) is 6.20 Å². The number of hydrogen-bond donors (Lipinski definition) is 3. The van der Waals surface area contributed by atoms with Gasteiger partial charge < -0.3 is 20.9 Å². The van der Waals surface area contributed by atoms with Crippen molar-refractivity contribution in [1.82, 2.24) is 30.2 Å². The van der Waals surface area contributed by atoms with Crippen LogP contribution < -0.4 is 11.1 Å². The molecule has 170 valence electrons. The van der Waals surface area contributed by atoms with E-state index in [4.69, 9.17) is 10.7 Å². The molecule has 1 aliphatic rings. The lowest BCUT2D eigenvalue weighted by Gasteiger charge is -2.20. The Morgan fingerprint density at radius 2 is 1.94 bits per heavy atom. The highest BCUT2D eigenvalue weighted by atomic mass is 16.2. The first-order valence-electron chi connectivity index (χ1n) is 10.8. The molecule has 32 heavy (non-hydrogen) atoms. The number of nitrogens with two attached hydrogens (primary N) is 1. The maximum atomic E-state index is 12.8. The summed E-state index contributed by atoms with van der Waals surface area (Å²) in [5.41, 5.74) is 11.8. The summed E-state index contributed by atoms with van der Waals surface area (Å²) >= 11 is 0. The highest BCUT2D eigenvalue weighted by Crippen LogP contribution is 2.26. The van der Waals surface area contributed by atoms with Crippen LogP contribution in [0.15, 0.2) is 48.7 Å². The highest BCUT2D eigenvalue weighted by molar-refractivity contribution is 5.94. The van der Waals surface area contributed by atoms with E-state index in [2.05, 4.69) is 20.3 Å². The molecule has 0 aliphatic carbocycles. The SMILES string of the molecule is Cc1ccc2nc(-c3nc(-c4ccc(C(=O)N5CCCNCC5)cc4)cnc3N)[nH]c2c1.[HH].[HH].[HH].[HH]. The van der Waals surface area contributed by atoms with E-state index in [1.165, 1.54) is 0 Å². The second kappa shape index (κ2) is 8.39. The van der Waals surface area contributed by atoms with Gasteiger partial charge in [0.05, 0.1) is 22.9 Å². The number of nitrogens with one attached hydrogen (secondary N) is 2.